The largest absolute Gasteiger partial charge is 0.465 e. The summed E-state index contributed by atoms with van der Waals surface area (Å²) >= 11 is 1.45. The summed E-state index contributed by atoms with van der Waals surface area (Å²) in [4.78, 5) is 18.9. The van der Waals surface area contributed by atoms with E-state index in [1.807, 2.05) is 0 Å². The molecule has 3 heterocycles. The summed E-state index contributed by atoms with van der Waals surface area (Å²) in [6.45, 7) is 3.96. The lowest BCUT2D eigenvalue weighted by Gasteiger charge is -2.39. The lowest BCUT2D eigenvalue weighted by atomic mass is 9.98. The fourth-order valence-corrected chi connectivity index (χ4v) is 4.07. The second kappa shape index (κ2) is 6.23. The Morgan fingerprint density at radius 2 is 2.18 bits per heavy atom. The number of thioether (sulfide) groups is 1. The Hall–Kier alpha value is -1.03. The van der Waals surface area contributed by atoms with Gasteiger partial charge in [0.15, 0.2) is 5.17 Å². The minimum atomic E-state index is -1.14. The number of aliphatic hydroxyl groups excluding tert-OH is 2. The Kier molecular flexibility index (Phi) is 4.49. The van der Waals surface area contributed by atoms with Crippen LogP contribution in [0.4, 0.5) is 4.79 Å². The van der Waals surface area contributed by atoms with Gasteiger partial charge in [0.2, 0.25) is 0 Å². The Morgan fingerprint density at radius 1 is 1.45 bits per heavy atom. The van der Waals surface area contributed by atoms with Crippen molar-refractivity contribution in [1.29, 1.82) is 0 Å². The fourth-order valence-electron chi connectivity index (χ4n) is 2.79. The second-order valence-corrected chi connectivity index (χ2v) is 6.77. The number of aliphatic imine (C=N–C) groups is 1. The average Bonchev–Trinajstić information content (AvgIpc) is 2.82. The molecule has 0 radical (unpaired) electrons. The van der Waals surface area contributed by atoms with E-state index in [1.165, 1.54) is 11.8 Å². The van der Waals surface area contributed by atoms with Crippen molar-refractivity contribution < 1.29 is 24.9 Å². The molecule has 3 aliphatic rings. The van der Waals surface area contributed by atoms with E-state index in [1.54, 1.807) is 6.92 Å². The van der Waals surface area contributed by atoms with Crippen molar-refractivity contribution in [2.24, 2.45) is 4.99 Å². The molecule has 0 unspecified atom stereocenters. The lowest BCUT2D eigenvalue weighted by Crippen LogP contribution is -2.58. The summed E-state index contributed by atoms with van der Waals surface area (Å²) in [5.74, 6) is 0. The molecule has 0 saturated carbocycles. The number of carbonyl (C=O) groups is 1. The van der Waals surface area contributed by atoms with Gasteiger partial charge in [-0.15, -0.1) is 0 Å². The maximum absolute atomic E-state index is 11.1. The van der Waals surface area contributed by atoms with Crippen LogP contribution in [0.5, 0.6) is 0 Å². The lowest BCUT2D eigenvalue weighted by molar-refractivity contribution is -0.156. The average molecular weight is 331 g/mol. The molecule has 0 aliphatic carbocycles. The van der Waals surface area contributed by atoms with Crippen LogP contribution < -0.4 is 0 Å². The number of carboxylic acid groups (broad SMARTS) is 1. The van der Waals surface area contributed by atoms with Crippen molar-refractivity contribution in [1.82, 2.24) is 9.80 Å². The Bertz CT molecular complexity index is 473. The van der Waals surface area contributed by atoms with E-state index in [0.717, 1.165) is 29.6 Å². The molecule has 0 aromatic heterocycles. The van der Waals surface area contributed by atoms with Crippen LogP contribution in [-0.2, 0) is 4.74 Å². The normalized spacial score (nSPS) is 37.3. The molecule has 22 heavy (non-hydrogen) atoms. The molecule has 0 spiro atoms. The molecule has 0 bridgehead atoms. The van der Waals surface area contributed by atoms with E-state index in [9.17, 15) is 15.0 Å². The van der Waals surface area contributed by atoms with Gasteiger partial charge >= 0.3 is 6.09 Å². The van der Waals surface area contributed by atoms with Crippen LogP contribution in [0.3, 0.4) is 0 Å². The molecule has 9 heteroatoms. The number of likely N-dealkylation sites (tertiary alicyclic amines) is 1. The highest BCUT2D eigenvalue weighted by atomic mass is 32.2. The fraction of sp³-hybridized carbons (Fsp3) is 0.846. The highest BCUT2D eigenvalue weighted by Crippen LogP contribution is 2.38. The molecular weight excluding hydrogens is 310 g/mol. The van der Waals surface area contributed by atoms with Crippen molar-refractivity contribution in [3.63, 3.8) is 0 Å². The zero-order valence-electron chi connectivity index (χ0n) is 12.3. The minimum absolute atomic E-state index is 0.0346. The molecule has 2 saturated heterocycles. The number of likely N-dealkylation sites (N-methyl/N-ethyl adjacent to an activating group) is 1. The first kappa shape index (κ1) is 15.9. The van der Waals surface area contributed by atoms with Crippen molar-refractivity contribution in [2.45, 2.75) is 43.1 Å². The maximum Gasteiger partial charge on any atom is 0.407 e. The molecule has 0 aromatic rings. The number of hydrogen-bond donors (Lipinski definition) is 3. The third-order valence-electron chi connectivity index (χ3n) is 4.33. The molecule has 3 N–H and O–H groups in total. The summed E-state index contributed by atoms with van der Waals surface area (Å²) in [5.41, 5.74) is -0.369. The number of amides is 1. The number of ether oxygens (including phenoxy) is 1. The molecule has 124 valence electrons. The van der Waals surface area contributed by atoms with Crippen LogP contribution >= 0.6 is 11.8 Å². The van der Waals surface area contributed by atoms with E-state index in [-0.39, 0.29) is 12.0 Å². The van der Waals surface area contributed by atoms with E-state index in [2.05, 4.69) is 9.89 Å². The number of hydrogen-bond acceptors (Lipinski definition) is 7. The van der Waals surface area contributed by atoms with Gasteiger partial charge in [0.25, 0.3) is 0 Å². The first-order chi connectivity index (χ1) is 10.5. The van der Waals surface area contributed by atoms with Crippen LogP contribution in [0.2, 0.25) is 0 Å². The summed E-state index contributed by atoms with van der Waals surface area (Å²) in [6.07, 6.45) is -2.86. The van der Waals surface area contributed by atoms with Crippen LogP contribution in [0.25, 0.3) is 0 Å². The number of nitrogens with zero attached hydrogens (tertiary/aromatic N) is 3. The third kappa shape index (κ3) is 2.78. The van der Waals surface area contributed by atoms with Gasteiger partial charge in [0.1, 0.15) is 29.8 Å². The molecule has 5 atom stereocenters. The first-order valence-corrected chi connectivity index (χ1v) is 8.38. The van der Waals surface area contributed by atoms with E-state index >= 15 is 0 Å². The Labute approximate surface area is 132 Å². The van der Waals surface area contributed by atoms with Gasteiger partial charge in [-0.2, -0.15) is 0 Å². The van der Waals surface area contributed by atoms with Crippen LogP contribution in [-0.4, -0.2) is 92.3 Å². The molecule has 8 nitrogen and oxygen atoms in total. The smallest absolute Gasteiger partial charge is 0.407 e. The first-order valence-electron chi connectivity index (χ1n) is 7.50. The van der Waals surface area contributed by atoms with Gasteiger partial charge in [0, 0.05) is 19.6 Å². The van der Waals surface area contributed by atoms with Crippen molar-refractivity contribution in [2.75, 3.05) is 26.2 Å². The third-order valence-corrected chi connectivity index (χ3v) is 5.53. The number of amidine groups is 1. The summed E-state index contributed by atoms with van der Waals surface area (Å²) in [7, 11) is 0. The minimum Gasteiger partial charge on any atom is -0.465 e. The van der Waals surface area contributed by atoms with Gasteiger partial charge < -0.3 is 29.9 Å². The molecular formula is C13H21N3O5S. The van der Waals surface area contributed by atoms with Crippen LogP contribution in [0.15, 0.2) is 4.99 Å². The predicted octanol–water partition coefficient (Wildman–Crippen LogP) is -0.390. The zero-order valence-corrected chi connectivity index (χ0v) is 13.1. The molecule has 2 fully saturated rings. The summed E-state index contributed by atoms with van der Waals surface area (Å²) in [5, 5.41) is 30.5. The van der Waals surface area contributed by atoms with Gasteiger partial charge in [0.05, 0.1) is 6.54 Å². The Balaban J connectivity index is 1.67. The van der Waals surface area contributed by atoms with Gasteiger partial charge in [-0.25, -0.2) is 4.79 Å². The van der Waals surface area contributed by atoms with Gasteiger partial charge in [-0.05, 0) is 13.3 Å². The van der Waals surface area contributed by atoms with Gasteiger partial charge in [-0.1, -0.05) is 11.8 Å². The number of rotatable bonds is 3. The highest BCUT2D eigenvalue weighted by molar-refractivity contribution is 8.14. The molecule has 1 amide bonds. The van der Waals surface area contributed by atoms with Crippen LogP contribution in [0.1, 0.15) is 13.3 Å². The van der Waals surface area contributed by atoms with E-state index in [0.29, 0.717) is 6.54 Å². The SMILES string of the molecule is CCN(C[C@H]1O[C@@H]2SC(N3CCC3)=N[C@@H]2[C@@H](O)[C@@H]1O)C(=O)O. The molecule has 3 aliphatic heterocycles. The monoisotopic (exact) mass is 331 g/mol. The summed E-state index contributed by atoms with van der Waals surface area (Å²) < 4.78 is 5.83. The van der Waals surface area contributed by atoms with Crippen molar-refractivity contribution in [3.05, 3.63) is 0 Å². The predicted molar refractivity (Wildman–Crippen MR) is 81.0 cm³/mol. The quantitative estimate of drug-likeness (QED) is 0.647. The van der Waals surface area contributed by atoms with E-state index < -0.39 is 30.4 Å². The molecule has 3 rings (SSSR count). The number of aliphatic hydroxyl groups is 2. The topological polar surface area (TPSA) is 106 Å². The second-order valence-electron chi connectivity index (χ2n) is 5.71. The standard InChI is InChI=1S/C13H21N3O5S/c1-2-15(13(19)20)6-7-9(17)10(18)8-11(21-7)22-12(14-8)16-4-3-5-16/h7-11,17-18H,2-6H2,1H3,(H,19,20)/t7-,8-,9-,10-,11-/m1/s1. The molecule has 0 aromatic carbocycles. The summed E-state index contributed by atoms with van der Waals surface area (Å²) in [6, 6.07) is -0.494. The number of fused-ring (bicyclic) bond motifs is 1. The highest BCUT2D eigenvalue weighted by Gasteiger charge is 2.49. The zero-order chi connectivity index (χ0) is 15.9. The Morgan fingerprint density at radius 3 is 2.73 bits per heavy atom. The van der Waals surface area contributed by atoms with Crippen molar-refractivity contribution in [3.8, 4) is 0 Å². The maximum atomic E-state index is 11.1. The van der Waals surface area contributed by atoms with Crippen LogP contribution in [0, 0.1) is 0 Å². The van der Waals surface area contributed by atoms with Gasteiger partial charge in [-0.3, -0.25) is 4.99 Å². The van der Waals surface area contributed by atoms with E-state index in [4.69, 9.17) is 9.84 Å². The van der Waals surface area contributed by atoms with Crippen molar-refractivity contribution >= 4 is 23.0 Å².